The van der Waals surface area contributed by atoms with E-state index in [0.29, 0.717) is 6.54 Å². The van der Waals surface area contributed by atoms with Crippen molar-refractivity contribution < 1.29 is 14.3 Å². The lowest BCUT2D eigenvalue weighted by Gasteiger charge is -2.09. The van der Waals surface area contributed by atoms with Gasteiger partial charge in [0.25, 0.3) is 0 Å². The van der Waals surface area contributed by atoms with Crippen molar-refractivity contribution in [2.24, 2.45) is 0 Å². The van der Waals surface area contributed by atoms with E-state index in [9.17, 15) is 9.18 Å². The number of carbonyl (C=O) groups is 1. The quantitative estimate of drug-likeness (QED) is 0.892. The highest BCUT2D eigenvalue weighted by Crippen LogP contribution is 2.27. The average molecular weight is 330 g/mol. The summed E-state index contributed by atoms with van der Waals surface area (Å²) >= 11 is 4.53. The standard InChI is InChI=1S/C12H9BrFNO2S/c13-10-8(12(16)17)3-4-9(11(10)14)15-6-7-2-1-5-18-7/h1-5,15H,6H2,(H,16,17). The van der Waals surface area contributed by atoms with Gasteiger partial charge in [-0.1, -0.05) is 6.07 Å². The molecule has 2 rings (SSSR count). The van der Waals surface area contributed by atoms with E-state index in [2.05, 4.69) is 21.2 Å². The second-order valence-electron chi connectivity index (χ2n) is 3.53. The normalized spacial score (nSPS) is 10.3. The lowest BCUT2D eigenvalue weighted by molar-refractivity contribution is 0.0695. The summed E-state index contributed by atoms with van der Waals surface area (Å²) in [6.07, 6.45) is 0. The van der Waals surface area contributed by atoms with Crippen LogP contribution in [0.1, 0.15) is 15.2 Å². The van der Waals surface area contributed by atoms with Crippen molar-refractivity contribution in [3.8, 4) is 0 Å². The van der Waals surface area contributed by atoms with Gasteiger partial charge in [-0.25, -0.2) is 9.18 Å². The van der Waals surface area contributed by atoms with E-state index in [1.807, 2.05) is 17.5 Å². The van der Waals surface area contributed by atoms with E-state index in [0.717, 1.165) is 4.88 Å². The molecule has 0 aliphatic heterocycles. The van der Waals surface area contributed by atoms with Gasteiger partial charge < -0.3 is 10.4 Å². The Kier molecular flexibility index (Phi) is 3.98. The Morgan fingerprint density at radius 2 is 2.22 bits per heavy atom. The monoisotopic (exact) mass is 329 g/mol. The first-order chi connectivity index (χ1) is 8.59. The predicted octanol–water partition coefficient (Wildman–Crippen LogP) is 3.96. The first kappa shape index (κ1) is 13.0. The molecule has 0 atom stereocenters. The molecule has 0 fully saturated rings. The number of carboxylic acids is 1. The fourth-order valence-electron chi connectivity index (χ4n) is 1.45. The largest absolute Gasteiger partial charge is 0.478 e. The van der Waals surface area contributed by atoms with Crippen molar-refractivity contribution in [1.82, 2.24) is 0 Å². The van der Waals surface area contributed by atoms with Gasteiger partial charge in [0.2, 0.25) is 0 Å². The molecule has 0 radical (unpaired) electrons. The summed E-state index contributed by atoms with van der Waals surface area (Å²) in [5.74, 6) is -1.75. The third-order valence-electron chi connectivity index (χ3n) is 2.35. The Morgan fingerprint density at radius 1 is 1.44 bits per heavy atom. The van der Waals surface area contributed by atoms with E-state index >= 15 is 0 Å². The van der Waals surface area contributed by atoms with Gasteiger partial charge in [0, 0.05) is 11.4 Å². The Balaban J connectivity index is 2.19. The highest BCUT2D eigenvalue weighted by atomic mass is 79.9. The van der Waals surface area contributed by atoms with E-state index < -0.39 is 11.8 Å². The molecule has 0 amide bonds. The van der Waals surface area contributed by atoms with Crippen LogP contribution in [0.5, 0.6) is 0 Å². The van der Waals surface area contributed by atoms with Crippen LogP contribution in [0, 0.1) is 5.82 Å². The number of nitrogens with one attached hydrogen (secondary N) is 1. The molecular weight excluding hydrogens is 321 g/mol. The van der Waals surface area contributed by atoms with Crippen molar-refractivity contribution in [3.63, 3.8) is 0 Å². The van der Waals surface area contributed by atoms with Gasteiger partial charge in [-0.3, -0.25) is 0 Å². The topological polar surface area (TPSA) is 49.3 Å². The fraction of sp³-hybridized carbons (Fsp3) is 0.0833. The van der Waals surface area contributed by atoms with Gasteiger partial charge in [-0.2, -0.15) is 0 Å². The summed E-state index contributed by atoms with van der Waals surface area (Å²) in [5, 5.41) is 13.7. The zero-order valence-corrected chi connectivity index (χ0v) is 11.5. The Hall–Kier alpha value is -1.40. The van der Waals surface area contributed by atoms with Crippen molar-refractivity contribution in [1.29, 1.82) is 0 Å². The second kappa shape index (κ2) is 5.49. The van der Waals surface area contributed by atoms with E-state index in [4.69, 9.17) is 5.11 Å². The zero-order chi connectivity index (χ0) is 13.1. The number of thiophene rings is 1. The second-order valence-corrected chi connectivity index (χ2v) is 5.35. The number of halogens is 2. The highest BCUT2D eigenvalue weighted by molar-refractivity contribution is 9.10. The summed E-state index contributed by atoms with van der Waals surface area (Å²) < 4.78 is 13.8. The maximum Gasteiger partial charge on any atom is 0.336 e. The molecule has 1 aromatic carbocycles. The molecule has 0 spiro atoms. The lowest BCUT2D eigenvalue weighted by atomic mass is 10.2. The zero-order valence-electron chi connectivity index (χ0n) is 9.11. The molecule has 2 N–H and O–H groups in total. The highest BCUT2D eigenvalue weighted by Gasteiger charge is 2.15. The summed E-state index contributed by atoms with van der Waals surface area (Å²) in [4.78, 5) is 11.9. The van der Waals surface area contributed by atoms with Crippen molar-refractivity contribution in [2.45, 2.75) is 6.54 Å². The van der Waals surface area contributed by atoms with Crippen LogP contribution in [0.25, 0.3) is 0 Å². The molecule has 0 saturated carbocycles. The van der Waals surface area contributed by atoms with Crippen molar-refractivity contribution in [3.05, 3.63) is 50.4 Å². The van der Waals surface area contributed by atoms with Crippen LogP contribution < -0.4 is 5.32 Å². The van der Waals surface area contributed by atoms with Crippen LogP contribution in [-0.2, 0) is 6.54 Å². The third kappa shape index (κ3) is 2.70. The van der Waals surface area contributed by atoms with E-state index in [-0.39, 0.29) is 15.7 Å². The molecule has 94 valence electrons. The molecule has 6 heteroatoms. The van der Waals surface area contributed by atoms with Crippen molar-refractivity contribution in [2.75, 3.05) is 5.32 Å². The predicted molar refractivity (Wildman–Crippen MR) is 72.7 cm³/mol. The molecule has 3 nitrogen and oxygen atoms in total. The molecule has 1 aromatic heterocycles. The van der Waals surface area contributed by atoms with Crippen LogP contribution in [0.2, 0.25) is 0 Å². The van der Waals surface area contributed by atoms with E-state index in [1.54, 1.807) is 11.3 Å². The van der Waals surface area contributed by atoms with Gasteiger partial charge in [-0.05, 0) is 39.5 Å². The van der Waals surface area contributed by atoms with Gasteiger partial charge in [-0.15, -0.1) is 11.3 Å². The molecule has 2 aromatic rings. The molecule has 0 aliphatic carbocycles. The maximum atomic E-state index is 13.9. The molecule has 0 bridgehead atoms. The number of carboxylic acid groups (broad SMARTS) is 1. The molecular formula is C12H9BrFNO2S. The number of hydrogen-bond acceptors (Lipinski definition) is 3. The Bertz CT molecular complexity index is 572. The number of hydrogen-bond donors (Lipinski definition) is 2. The first-order valence-corrected chi connectivity index (χ1v) is 6.74. The summed E-state index contributed by atoms with van der Waals surface area (Å²) in [6.45, 7) is 0.507. The lowest BCUT2D eigenvalue weighted by Crippen LogP contribution is -2.04. The first-order valence-electron chi connectivity index (χ1n) is 5.07. The van der Waals surface area contributed by atoms with Gasteiger partial charge in [0.15, 0.2) is 5.82 Å². The molecule has 0 unspecified atom stereocenters. The maximum absolute atomic E-state index is 13.9. The number of rotatable bonds is 4. The number of benzene rings is 1. The Morgan fingerprint density at radius 3 is 2.83 bits per heavy atom. The van der Waals surface area contributed by atoms with Gasteiger partial charge in [0.05, 0.1) is 15.7 Å². The van der Waals surface area contributed by atoms with Gasteiger partial charge >= 0.3 is 5.97 Å². The Labute approximate surface area is 115 Å². The summed E-state index contributed by atoms with van der Waals surface area (Å²) in [6, 6.07) is 6.65. The van der Waals surface area contributed by atoms with Crippen LogP contribution in [0.3, 0.4) is 0 Å². The number of aromatic carboxylic acids is 1. The minimum absolute atomic E-state index is 0.0359. The van der Waals surface area contributed by atoms with Crippen LogP contribution >= 0.6 is 27.3 Å². The summed E-state index contributed by atoms with van der Waals surface area (Å²) in [5.41, 5.74) is 0.189. The number of anilines is 1. The molecule has 1 heterocycles. The van der Waals surface area contributed by atoms with E-state index in [1.165, 1.54) is 12.1 Å². The van der Waals surface area contributed by atoms with Crippen LogP contribution in [0.4, 0.5) is 10.1 Å². The minimum Gasteiger partial charge on any atom is -0.478 e. The summed E-state index contributed by atoms with van der Waals surface area (Å²) in [7, 11) is 0. The molecule has 18 heavy (non-hydrogen) atoms. The van der Waals surface area contributed by atoms with Crippen molar-refractivity contribution >= 4 is 38.9 Å². The third-order valence-corrected chi connectivity index (χ3v) is 4.00. The van der Waals surface area contributed by atoms with Crippen LogP contribution in [0.15, 0.2) is 34.1 Å². The average Bonchev–Trinajstić information content (AvgIpc) is 2.83. The van der Waals surface area contributed by atoms with Crippen LogP contribution in [-0.4, -0.2) is 11.1 Å². The van der Waals surface area contributed by atoms with Gasteiger partial charge in [0.1, 0.15) is 0 Å². The molecule has 0 saturated heterocycles. The fourth-order valence-corrected chi connectivity index (χ4v) is 2.61. The SMILES string of the molecule is O=C(O)c1ccc(NCc2cccs2)c(F)c1Br. The smallest absolute Gasteiger partial charge is 0.336 e. The minimum atomic E-state index is -1.16. The molecule has 0 aliphatic rings.